The summed E-state index contributed by atoms with van der Waals surface area (Å²) in [6.07, 6.45) is 0.410. The number of rotatable bonds is 6. The molecule has 1 amide bonds. The first-order chi connectivity index (χ1) is 6.37. The van der Waals surface area contributed by atoms with Crippen LogP contribution in [0.2, 0.25) is 0 Å². The van der Waals surface area contributed by atoms with Gasteiger partial charge in [-0.2, -0.15) is 0 Å². The first-order valence-corrected chi connectivity index (χ1v) is 6.19. The second-order valence-electron chi connectivity index (χ2n) is 3.06. The minimum Gasteiger partial charge on any atom is -0.465 e. The molecule has 0 heterocycles. The van der Waals surface area contributed by atoms with Gasteiger partial charge < -0.3 is 14.9 Å². The van der Waals surface area contributed by atoms with Gasteiger partial charge in [0.1, 0.15) is 6.29 Å². The van der Waals surface area contributed by atoms with E-state index in [0.29, 0.717) is 6.42 Å². The molecule has 0 radical (unpaired) electrons. The number of unbranched alkanes of at least 4 members (excludes halogenated alkanes) is 2. The van der Waals surface area contributed by atoms with E-state index in [1.807, 2.05) is 6.92 Å². The van der Waals surface area contributed by atoms with Crippen LogP contribution in [0.3, 0.4) is 0 Å². The molecule has 0 fully saturated rings. The second kappa shape index (κ2) is 6.01. The average Bonchev–Trinajstić information content (AvgIpc) is 2.00. The van der Waals surface area contributed by atoms with Gasteiger partial charge in [-0.05, 0) is 6.42 Å². The Bertz CT molecular complexity index is 226. The zero-order chi connectivity index (χ0) is 11.2. The van der Waals surface area contributed by atoms with Crippen molar-refractivity contribution in [3.63, 3.8) is 0 Å². The van der Waals surface area contributed by atoms with Gasteiger partial charge >= 0.3 is 13.7 Å². The number of carboxylic acid groups (broad SMARTS) is 1. The van der Waals surface area contributed by atoms with Gasteiger partial charge in [0.05, 0.1) is 0 Å². The summed E-state index contributed by atoms with van der Waals surface area (Å²) in [6.45, 7) is 2.14. The molecule has 7 heteroatoms. The molecule has 0 bridgehead atoms. The van der Waals surface area contributed by atoms with Crippen molar-refractivity contribution < 1.29 is 24.3 Å². The maximum atomic E-state index is 10.6. The first-order valence-electron chi connectivity index (χ1n) is 4.39. The Kier molecular flexibility index (Phi) is 5.76. The molecule has 0 rings (SSSR count). The van der Waals surface area contributed by atoms with E-state index in [0.717, 1.165) is 17.7 Å². The Morgan fingerprint density at radius 1 is 1.36 bits per heavy atom. The van der Waals surface area contributed by atoms with E-state index in [2.05, 4.69) is 0 Å². The summed E-state index contributed by atoms with van der Waals surface area (Å²) in [5.74, 6) is 0. The van der Waals surface area contributed by atoms with Gasteiger partial charge in [0.15, 0.2) is 0 Å². The third kappa shape index (κ3) is 6.88. The lowest BCUT2D eigenvalue weighted by molar-refractivity contribution is 0.148. The summed E-state index contributed by atoms with van der Waals surface area (Å²) < 4.78 is 10.6. The van der Waals surface area contributed by atoms with E-state index < -0.39 is 20.0 Å². The molecule has 0 aliphatic rings. The first kappa shape index (κ1) is 13.4. The molecule has 0 saturated heterocycles. The summed E-state index contributed by atoms with van der Waals surface area (Å²) in [6, 6.07) is 0. The number of hydrogen-bond acceptors (Lipinski definition) is 2. The normalized spacial score (nSPS) is 11.4. The number of carbonyl (C=O) groups is 1. The van der Waals surface area contributed by atoms with Gasteiger partial charge in [-0.25, -0.2) is 4.79 Å². The van der Waals surface area contributed by atoms with Gasteiger partial charge in [-0.1, -0.05) is 19.8 Å². The van der Waals surface area contributed by atoms with Crippen LogP contribution in [0.15, 0.2) is 0 Å². The highest BCUT2D eigenvalue weighted by Crippen LogP contribution is 2.35. The highest BCUT2D eigenvalue weighted by Gasteiger charge is 2.22. The third-order valence-electron chi connectivity index (χ3n) is 1.66. The lowest BCUT2D eigenvalue weighted by Gasteiger charge is -2.19. The maximum absolute atomic E-state index is 10.6. The van der Waals surface area contributed by atoms with Crippen LogP contribution < -0.4 is 0 Å². The summed E-state index contributed by atoms with van der Waals surface area (Å²) in [5, 5.41) is 8.62. The predicted molar refractivity (Wildman–Crippen MR) is 51.2 cm³/mol. The van der Waals surface area contributed by atoms with Crippen LogP contribution in [0, 0.1) is 0 Å². The van der Waals surface area contributed by atoms with Crippen molar-refractivity contribution in [2.45, 2.75) is 26.2 Å². The fraction of sp³-hybridized carbons (Fsp3) is 0.857. The summed E-state index contributed by atoms with van der Waals surface area (Å²) in [4.78, 5) is 28.5. The summed E-state index contributed by atoms with van der Waals surface area (Å²) >= 11 is 0. The molecular formula is C7H16NO5P. The van der Waals surface area contributed by atoms with Crippen LogP contribution in [0.4, 0.5) is 4.79 Å². The van der Waals surface area contributed by atoms with Crippen molar-refractivity contribution in [3.05, 3.63) is 0 Å². The van der Waals surface area contributed by atoms with E-state index in [1.54, 1.807) is 0 Å². The molecule has 3 N–H and O–H groups in total. The van der Waals surface area contributed by atoms with E-state index >= 15 is 0 Å². The zero-order valence-electron chi connectivity index (χ0n) is 8.09. The summed E-state index contributed by atoms with van der Waals surface area (Å²) in [5.41, 5.74) is 0. The van der Waals surface area contributed by atoms with Crippen LogP contribution in [-0.2, 0) is 4.57 Å². The van der Waals surface area contributed by atoms with E-state index in [-0.39, 0.29) is 6.54 Å². The monoisotopic (exact) mass is 225 g/mol. The standard InChI is InChI=1S/C7H16NO5P/c1-2-3-4-5-8(7(9)10)6-14(11,12)13/h2-6H2,1H3,(H,9,10)(H2,11,12,13). The molecule has 0 aliphatic carbocycles. The van der Waals surface area contributed by atoms with Crippen LogP contribution >= 0.6 is 7.60 Å². The highest BCUT2D eigenvalue weighted by molar-refractivity contribution is 7.51. The molecule has 14 heavy (non-hydrogen) atoms. The summed E-state index contributed by atoms with van der Waals surface area (Å²) in [7, 11) is -4.28. The fourth-order valence-corrected chi connectivity index (χ4v) is 1.71. The maximum Gasteiger partial charge on any atom is 0.407 e. The molecule has 0 aromatic carbocycles. The van der Waals surface area contributed by atoms with Crippen molar-refractivity contribution >= 4 is 13.7 Å². The Morgan fingerprint density at radius 3 is 2.29 bits per heavy atom. The van der Waals surface area contributed by atoms with Gasteiger partial charge in [0.25, 0.3) is 0 Å². The van der Waals surface area contributed by atoms with Crippen molar-refractivity contribution in [2.75, 3.05) is 12.8 Å². The number of hydrogen-bond donors (Lipinski definition) is 3. The molecule has 0 aromatic heterocycles. The van der Waals surface area contributed by atoms with Crippen molar-refractivity contribution in [1.82, 2.24) is 4.90 Å². The lowest BCUT2D eigenvalue weighted by Crippen LogP contribution is -2.31. The van der Waals surface area contributed by atoms with Crippen LogP contribution in [0.5, 0.6) is 0 Å². The molecular weight excluding hydrogens is 209 g/mol. The number of amides is 1. The lowest BCUT2D eigenvalue weighted by atomic mass is 10.2. The molecule has 0 aliphatic heterocycles. The SMILES string of the molecule is CCCCCN(CP(=O)(O)O)C(=O)O. The smallest absolute Gasteiger partial charge is 0.407 e. The molecule has 6 nitrogen and oxygen atoms in total. The second-order valence-corrected chi connectivity index (χ2v) is 4.67. The minimum atomic E-state index is -4.28. The largest absolute Gasteiger partial charge is 0.465 e. The molecule has 0 aromatic rings. The van der Waals surface area contributed by atoms with Gasteiger partial charge in [-0.15, -0.1) is 0 Å². The van der Waals surface area contributed by atoms with Gasteiger partial charge in [0.2, 0.25) is 0 Å². The van der Waals surface area contributed by atoms with E-state index in [9.17, 15) is 9.36 Å². The van der Waals surface area contributed by atoms with E-state index in [4.69, 9.17) is 14.9 Å². The van der Waals surface area contributed by atoms with Crippen LogP contribution in [-0.4, -0.2) is 38.7 Å². The average molecular weight is 225 g/mol. The van der Waals surface area contributed by atoms with Crippen LogP contribution in [0.1, 0.15) is 26.2 Å². The third-order valence-corrected chi connectivity index (χ3v) is 2.37. The molecule has 84 valence electrons. The van der Waals surface area contributed by atoms with Gasteiger partial charge in [0, 0.05) is 6.54 Å². The highest BCUT2D eigenvalue weighted by atomic mass is 31.2. The Hall–Kier alpha value is -0.580. The minimum absolute atomic E-state index is 0.175. The molecule has 0 spiro atoms. The quantitative estimate of drug-likeness (QED) is 0.467. The van der Waals surface area contributed by atoms with Crippen molar-refractivity contribution in [3.8, 4) is 0 Å². The molecule has 0 saturated carbocycles. The van der Waals surface area contributed by atoms with Crippen LogP contribution in [0.25, 0.3) is 0 Å². The van der Waals surface area contributed by atoms with E-state index in [1.165, 1.54) is 0 Å². The fourth-order valence-electron chi connectivity index (χ4n) is 1.00. The predicted octanol–water partition coefficient (Wildman–Crippen LogP) is 1.29. The zero-order valence-corrected chi connectivity index (χ0v) is 8.98. The van der Waals surface area contributed by atoms with Crippen molar-refractivity contribution in [2.24, 2.45) is 0 Å². The molecule has 0 unspecified atom stereocenters. The Balaban J connectivity index is 4.04. The topological polar surface area (TPSA) is 98.1 Å². The molecule has 0 atom stereocenters. The Labute approximate surface area is 82.7 Å². The number of nitrogens with zero attached hydrogens (tertiary/aromatic N) is 1. The van der Waals surface area contributed by atoms with Crippen molar-refractivity contribution in [1.29, 1.82) is 0 Å². The van der Waals surface area contributed by atoms with Gasteiger partial charge in [-0.3, -0.25) is 9.46 Å². The Morgan fingerprint density at radius 2 is 1.93 bits per heavy atom.